The highest BCUT2D eigenvalue weighted by Crippen LogP contribution is 2.14. The van der Waals surface area contributed by atoms with Crippen LogP contribution in [0.4, 0.5) is 0 Å². The van der Waals surface area contributed by atoms with Gasteiger partial charge in [0, 0.05) is 6.54 Å². The average molecular weight is 241 g/mol. The van der Waals surface area contributed by atoms with Crippen molar-refractivity contribution in [2.75, 3.05) is 26.7 Å². The van der Waals surface area contributed by atoms with Gasteiger partial charge in [0.15, 0.2) is 0 Å². The van der Waals surface area contributed by atoms with Gasteiger partial charge in [0.05, 0.1) is 5.54 Å². The van der Waals surface area contributed by atoms with Crippen LogP contribution in [0.3, 0.4) is 0 Å². The van der Waals surface area contributed by atoms with Gasteiger partial charge >= 0.3 is 0 Å². The Labute approximate surface area is 105 Å². The number of primary amides is 1. The van der Waals surface area contributed by atoms with Gasteiger partial charge in [-0.2, -0.15) is 0 Å². The second-order valence-corrected chi connectivity index (χ2v) is 5.31. The van der Waals surface area contributed by atoms with Gasteiger partial charge in [0.2, 0.25) is 5.91 Å². The first-order valence-corrected chi connectivity index (χ1v) is 6.80. The zero-order valence-electron chi connectivity index (χ0n) is 11.3. The number of nitrogens with zero attached hydrogens (tertiary/aromatic N) is 1. The summed E-state index contributed by atoms with van der Waals surface area (Å²) in [6.07, 6.45) is 7.42. The highest BCUT2D eigenvalue weighted by Gasteiger charge is 2.29. The summed E-state index contributed by atoms with van der Waals surface area (Å²) >= 11 is 0. The number of likely N-dealkylation sites (N-methyl/N-ethyl adjacent to an activating group) is 1. The molecule has 1 aliphatic rings. The number of rotatable bonds is 5. The Morgan fingerprint density at radius 2 is 1.76 bits per heavy atom. The van der Waals surface area contributed by atoms with E-state index in [0.29, 0.717) is 0 Å². The standard InChI is InChI=1S/C13H27N3O/c1-13(15-2,12(14)17)8-11-16-9-6-4-3-5-7-10-16/h15H,3-11H2,1-2H3,(H2,14,17). The van der Waals surface area contributed by atoms with Crippen molar-refractivity contribution in [1.29, 1.82) is 0 Å². The zero-order valence-corrected chi connectivity index (χ0v) is 11.3. The Balaban J connectivity index is 2.39. The Morgan fingerprint density at radius 3 is 2.24 bits per heavy atom. The topological polar surface area (TPSA) is 58.4 Å². The van der Waals surface area contributed by atoms with E-state index in [1.54, 1.807) is 7.05 Å². The maximum absolute atomic E-state index is 11.4. The highest BCUT2D eigenvalue weighted by molar-refractivity contribution is 5.84. The normalized spacial score (nSPS) is 22.5. The lowest BCUT2D eigenvalue weighted by Crippen LogP contribution is -2.53. The maximum atomic E-state index is 11.4. The fraction of sp³-hybridized carbons (Fsp3) is 0.923. The zero-order chi connectivity index (χ0) is 12.7. The highest BCUT2D eigenvalue weighted by atomic mass is 16.1. The summed E-state index contributed by atoms with van der Waals surface area (Å²) in [5.41, 5.74) is 4.87. The van der Waals surface area contributed by atoms with Crippen LogP contribution in [0.25, 0.3) is 0 Å². The molecular formula is C13H27N3O. The molecule has 4 heteroatoms. The molecule has 1 saturated heterocycles. The van der Waals surface area contributed by atoms with E-state index in [-0.39, 0.29) is 5.91 Å². The van der Waals surface area contributed by atoms with Gasteiger partial charge in [-0.25, -0.2) is 0 Å². The van der Waals surface area contributed by atoms with Crippen molar-refractivity contribution in [3.63, 3.8) is 0 Å². The Morgan fingerprint density at radius 1 is 1.24 bits per heavy atom. The molecule has 0 radical (unpaired) electrons. The lowest BCUT2D eigenvalue weighted by molar-refractivity contribution is -0.124. The molecule has 1 amide bonds. The van der Waals surface area contributed by atoms with Gasteiger partial charge in [-0.1, -0.05) is 19.3 Å². The van der Waals surface area contributed by atoms with Gasteiger partial charge in [0.25, 0.3) is 0 Å². The molecule has 0 aromatic carbocycles. The molecule has 1 aliphatic heterocycles. The smallest absolute Gasteiger partial charge is 0.237 e. The van der Waals surface area contributed by atoms with Crippen molar-refractivity contribution < 1.29 is 4.79 Å². The number of carbonyl (C=O) groups excluding carboxylic acids is 1. The van der Waals surface area contributed by atoms with E-state index in [1.807, 2.05) is 6.92 Å². The van der Waals surface area contributed by atoms with Crippen LogP contribution < -0.4 is 11.1 Å². The van der Waals surface area contributed by atoms with Crippen LogP contribution in [0.2, 0.25) is 0 Å². The number of hydrogen-bond acceptors (Lipinski definition) is 3. The van der Waals surface area contributed by atoms with Gasteiger partial charge in [-0.3, -0.25) is 4.79 Å². The first-order chi connectivity index (χ1) is 8.08. The van der Waals surface area contributed by atoms with E-state index in [4.69, 9.17) is 5.73 Å². The van der Waals surface area contributed by atoms with Crippen LogP contribution in [0.15, 0.2) is 0 Å². The molecule has 0 spiro atoms. The Kier molecular flexibility index (Phi) is 5.92. The molecule has 1 unspecified atom stereocenters. The van der Waals surface area contributed by atoms with Crippen molar-refractivity contribution in [2.24, 2.45) is 5.73 Å². The predicted octanol–water partition coefficient (Wildman–Crippen LogP) is 1.11. The number of carbonyl (C=O) groups is 1. The molecule has 1 atom stereocenters. The summed E-state index contributed by atoms with van der Waals surface area (Å²) in [5, 5.41) is 3.04. The predicted molar refractivity (Wildman–Crippen MR) is 70.8 cm³/mol. The molecule has 3 N–H and O–H groups in total. The number of nitrogens with one attached hydrogen (secondary N) is 1. The average Bonchev–Trinajstić information content (AvgIpc) is 2.27. The van der Waals surface area contributed by atoms with Gasteiger partial charge in [-0.05, 0) is 46.3 Å². The van der Waals surface area contributed by atoms with E-state index in [9.17, 15) is 4.79 Å². The minimum Gasteiger partial charge on any atom is -0.368 e. The van der Waals surface area contributed by atoms with Crippen molar-refractivity contribution >= 4 is 5.91 Å². The van der Waals surface area contributed by atoms with Crippen LogP contribution in [0.5, 0.6) is 0 Å². The summed E-state index contributed by atoms with van der Waals surface area (Å²) in [7, 11) is 1.80. The van der Waals surface area contributed by atoms with Crippen LogP contribution in [-0.4, -0.2) is 43.0 Å². The van der Waals surface area contributed by atoms with Crippen LogP contribution in [0, 0.1) is 0 Å². The number of likely N-dealkylation sites (tertiary alicyclic amines) is 1. The molecule has 4 nitrogen and oxygen atoms in total. The summed E-state index contributed by atoms with van der Waals surface area (Å²) < 4.78 is 0. The van der Waals surface area contributed by atoms with E-state index in [1.165, 1.54) is 45.2 Å². The number of amides is 1. The number of hydrogen-bond donors (Lipinski definition) is 2. The van der Waals surface area contributed by atoms with Gasteiger partial charge in [-0.15, -0.1) is 0 Å². The third kappa shape index (κ3) is 4.64. The minimum absolute atomic E-state index is 0.257. The van der Waals surface area contributed by atoms with E-state index in [2.05, 4.69) is 10.2 Å². The molecule has 100 valence electrons. The third-order valence-electron chi connectivity index (χ3n) is 3.97. The summed E-state index contributed by atoms with van der Waals surface area (Å²) in [6, 6.07) is 0. The molecule has 0 bridgehead atoms. The van der Waals surface area contributed by atoms with E-state index >= 15 is 0 Å². The van der Waals surface area contributed by atoms with Crippen molar-refractivity contribution in [3.8, 4) is 0 Å². The molecule has 17 heavy (non-hydrogen) atoms. The molecule has 1 fully saturated rings. The lowest BCUT2D eigenvalue weighted by atomic mass is 9.96. The van der Waals surface area contributed by atoms with Crippen molar-refractivity contribution in [3.05, 3.63) is 0 Å². The molecule has 0 aliphatic carbocycles. The third-order valence-corrected chi connectivity index (χ3v) is 3.97. The maximum Gasteiger partial charge on any atom is 0.237 e. The van der Waals surface area contributed by atoms with E-state index < -0.39 is 5.54 Å². The monoisotopic (exact) mass is 241 g/mol. The van der Waals surface area contributed by atoms with Crippen LogP contribution in [-0.2, 0) is 4.79 Å². The number of nitrogens with two attached hydrogens (primary N) is 1. The molecular weight excluding hydrogens is 214 g/mol. The quantitative estimate of drug-likeness (QED) is 0.758. The van der Waals surface area contributed by atoms with Crippen LogP contribution in [0.1, 0.15) is 45.4 Å². The first-order valence-electron chi connectivity index (χ1n) is 6.80. The molecule has 0 aromatic rings. The van der Waals surface area contributed by atoms with Crippen molar-refractivity contribution in [2.45, 2.75) is 51.0 Å². The summed E-state index contributed by atoms with van der Waals surface area (Å²) in [5.74, 6) is -0.257. The minimum atomic E-state index is -0.567. The van der Waals surface area contributed by atoms with Crippen LogP contribution >= 0.6 is 0 Å². The second-order valence-electron chi connectivity index (χ2n) is 5.31. The fourth-order valence-corrected chi connectivity index (χ4v) is 2.29. The molecule has 0 saturated carbocycles. The molecule has 1 rings (SSSR count). The fourth-order valence-electron chi connectivity index (χ4n) is 2.29. The first kappa shape index (κ1) is 14.5. The molecule has 1 heterocycles. The second kappa shape index (κ2) is 6.97. The largest absolute Gasteiger partial charge is 0.368 e. The Hall–Kier alpha value is -0.610. The van der Waals surface area contributed by atoms with Gasteiger partial charge in [0.1, 0.15) is 0 Å². The van der Waals surface area contributed by atoms with Crippen molar-refractivity contribution in [1.82, 2.24) is 10.2 Å². The Bertz CT molecular complexity index is 237. The van der Waals surface area contributed by atoms with Gasteiger partial charge < -0.3 is 16.0 Å². The van der Waals surface area contributed by atoms with E-state index in [0.717, 1.165) is 13.0 Å². The molecule has 0 aromatic heterocycles. The lowest BCUT2D eigenvalue weighted by Gasteiger charge is -2.30. The SMILES string of the molecule is CNC(C)(CCN1CCCCCCC1)C(N)=O. The summed E-state index contributed by atoms with van der Waals surface area (Å²) in [4.78, 5) is 13.9. The summed E-state index contributed by atoms with van der Waals surface area (Å²) in [6.45, 7) is 5.18.